The van der Waals surface area contributed by atoms with Gasteiger partial charge in [-0.05, 0) is 101 Å². The quantitative estimate of drug-likeness (QED) is 0.365. The molecule has 1 aliphatic carbocycles. The molecule has 4 aromatic carbocycles. The monoisotopic (exact) mass is 376 g/mol. The molecule has 0 saturated carbocycles. The normalized spacial score (nSPS) is 11.9. The van der Waals surface area contributed by atoms with Crippen LogP contribution in [0.4, 0.5) is 0 Å². The second-order valence-electron chi connectivity index (χ2n) is 8.04. The molecule has 0 aliphatic heterocycles. The van der Waals surface area contributed by atoms with Crippen LogP contribution >= 0.6 is 0 Å². The standard InChI is InChI=1S/C28H24O/c1-18-7-3-4-8-21(18)15-26-19(2)25(20-11-13-23(29)14-12-20)17-28-24-10-6-5-9-22(24)16-27(26)28/h3-14,17,29H,15-16H2,1-2H3. The van der Waals surface area contributed by atoms with Gasteiger partial charge in [-0.3, -0.25) is 0 Å². The van der Waals surface area contributed by atoms with E-state index in [0.717, 1.165) is 18.4 Å². The van der Waals surface area contributed by atoms with Crippen molar-refractivity contribution < 1.29 is 5.11 Å². The third kappa shape index (κ3) is 3.03. The summed E-state index contributed by atoms with van der Waals surface area (Å²) in [6, 6.07) is 27.4. The number of aryl methyl sites for hydroxylation is 1. The van der Waals surface area contributed by atoms with E-state index in [1.54, 1.807) is 12.1 Å². The zero-order valence-electron chi connectivity index (χ0n) is 16.9. The first-order valence-corrected chi connectivity index (χ1v) is 10.2. The van der Waals surface area contributed by atoms with Gasteiger partial charge in [-0.1, -0.05) is 60.7 Å². The molecule has 142 valence electrons. The van der Waals surface area contributed by atoms with Gasteiger partial charge in [0.2, 0.25) is 0 Å². The van der Waals surface area contributed by atoms with Crippen LogP contribution in [0.15, 0.2) is 78.9 Å². The van der Waals surface area contributed by atoms with Gasteiger partial charge < -0.3 is 5.11 Å². The zero-order chi connectivity index (χ0) is 20.0. The number of phenolic OH excluding ortho intramolecular Hbond substituents is 1. The second kappa shape index (κ2) is 6.93. The Labute approximate surface area is 172 Å². The van der Waals surface area contributed by atoms with E-state index in [0.29, 0.717) is 5.75 Å². The Bertz CT molecular complexity index is 1220. The third-order valence-electron chi connectivity index (χ3n) is 6.32. The van der Waals surface area contributed by atoms with Crippen LogP contribution in [-0.4, -0.2) is 5.11 Å². The highest BCUT2D eigenvalue weighted by Crippen LogP contribution is 2.43. The Balaban J connectivity index is 1.74. The number of aromatic hydroxyl groups is 1. The van der Waals surface area contributed by atoms with Crippen molar-refractivity contribution in [3.8, 4) is 28.0 Å². The van der Waals surface area contributed by atoms with Crippen molar-refractivity contribution in [3.05, 3.63) is 112 Å². The van der Waals surface area contributed by atoms with Gasteiger partial charge in [0.1, 0.15) is 5.75 Å². The summed E-state index contributed by atoms with van der Waals surface area (Å²) in [6.45, 7) is 4.45. The molecular formula is C28H24O. The van der Waals surface area contributed by atoms with Crippen LogP contribution in [0.2, 0.25) is 0 Å². The van der Waals surface area contributed by atoms with E-state index in [-0.39, 0.29) is 0 Å². The fraction of sp³-hybridized carbons (Fsp3) is 0.143. The van der Waals surface area contributed by atoms with Gasteiger partial charge >= 0.3 is 0 Å². The van der Waals surface area contributed by atoms with Gasteiger partial charge in [-0.15, -0.1) is 0 Å². The Morgan fingerprint density at radius 1 is 0.759 bits per heavy atom. The molecule has 1 aliphatic rings. The lowest BCUT2D eigenvalue weighted by molar-refractivity contribution is 0.475. The highest BCUT2D eigenvalue weighted by Gasteiger charge is 2.24. The molecule has 1 heteroatoms. The summed E-state index contributed by atoms with van der Waals surface area (Å²) >= 11 is 0. The molecule has 0 heterocycles. The molecule has 0 atom stereocenters. The SMILES string of the molecule is Cc1ccccc1Cc1c(C)c(-c2ccc(O)cc2)cc2c1Cc1ccccc1-2. The van der Waals surface area contributed by atoms with Gasteiger partial charge in [0.25, 0.3) is 0 Å². The molecule has 29 heavy (non-hydrogen) atoms. The van der Waals surface area contributed by atoms with E-state index >= 15 is 0 Å². The van der Waals surface area contributed by atoms with Crippen LogP contribution in [-0.2, 0) is 12.8 Å². The Hall–Kier alpha value is -3.32. The molecular weight excluding hydrogens is 352 g/mol. The third-order valence-corrected chi connectivity index (χ3v) is 6.32. The van der Waals surface area contributed by atoms with Crippen molar-refractivity contribution >= 4 is 0 Å². The Kier molecular flexibility index (Phi) is 4.24. The molecule has 5 rings (SSSR count). The first-order chi connectivity index (χ1) is 14.1. The highest BCUT2D eigenvalue weighted by atomic mass is 16.3. The second-order valence-corrected chi connectivity index (χ2v) is 8.04. The number of benzene rings is 4. The molecule has 0 unspecified atom stereocenters. The summed E-state index contributed by atoms with van der Waals surface area (Å²) in [4.78, 5) is 0. The Morgan fingerprint density at radius 2 is 1.48 bits per heavy atom. The molecule has 0 aromatic heterocycles. The lowest BCUT2D eigenvalue weighted by atomic mass is 9.86. The molecule has 0 amide bonds. The van der Waals surface area contributed by atoms with E-state index in [2.05, 4.69) is 68.4 Å². The fourth-order valence-corrected chi connectivity index (χ4v) is 4.64. The molecule has 0 fully saturated rings. The predicted molar refractivity (Wildman–Crippen MR) is 121 cm³/mol. The topological polar surface area (TPSA) is 20.2 Å². The minimum atomic E-state index is 0.304. The average molecular weight is 376 g/mol. The summed E-state index contributed by atoms with van der Waals surface area (Å²) in [5.74, 6) is 0.304. The molecule has 1 nitrogen and oxygen atoms in total. The predicted octanol–water partition coefficient (Wildman–Crippen LogP) is 6.84. The number of phenols is 1. The van der Waals surface area contributed by atoms with Crippen LogP contribution in [0, 0.1) is 13.8 Å². The van der Waals surface area contributed by atoms with Crippen LogP contribution in [0.3, 0.4) is 0 Å². The first kappa shape index (κ1) is 17.8. The maximum absolute atomic E-state index is 9.74. The van der Waals surface area contributed by atoms with Gasteiger partial charge in [-0.2, -0.15) is 0 Å². The van der Waals surface area contributed by atoms with Crippen molar-refractivity contribution in [1.82, 2.24) is 0 Å². The number of hydrogen-bond acceptors (Lipinski definition) is 1. The summed E-state index contributed by atoms with van der Waals surface area (Å²) in [6.07, 6.45) is 1.95. The smallest absolute Gasteiger partial charge is 0.115 e. The Morgan fingerprint density at radius 3 is 2.28 bits per heavy atom. The molecule has 0 radical (unpaired) electrons. The van der Waals surface area contributed by atoms with Crippen molar-refractivity contribution in [3.63, 3.8) is 0 Å². The van der Waals surface area contributed by atoms with E-state index in [9.17, 15) is 5.11 Å². The van der Waals surface area contributed by atoms with Crippen molar-refractivity contribution in [2.75, 3.05) is 0 Å². The maximum atomic E-state index is 9.74. The van der Waals surface area contributed by atoms with Gasteiger partial charge in [0.15, 0.2) is 0 Å². The molecule has 0 saturated heterocycles. The maximum Gasteiger partial charge on any atom is 0.115 e. The zero-order valence-corrected chi connectivity index (χ0v) is 16.9. The van der Waals surface area contributed by atoms with Crippen LogP contribution in [0.25, 0.3) is 22.3 Å². The van der Waals surface area contributed by atoms with E-state index in [4.69, 9.17) is 0 Å². The average Bonchev–Trinajstić information content (AvgIpc) is 3.10. The molecule has 0 bridgehead atoms. The van der Waals surface area contributed by atoms with Crippen molar-refractivity contribution in [1.29, 1.82) is 0 Å². The van der Waals surface area contributed by atoms with Gasteiger partial charge in [0, 0.05) is 0 Å². The van der Waals surface area contributed by atoms with Crippen molar-refractivity contribution in [2.24, 2.45) is 0 Å². The molecule has 1 N–H and O–H groups in total. The lowest BCUT2D eigenvalue weighted by Gasteiger charge is -2.18. The summed E-state index contributed by atoms with van der Waals surface area (Å²) in [7, 11) is 0. The number of rotatable bonds is 3. The summed E-state index contributed by atoms with van der Waals surface area (Å²) in [5, 5.41) is 9.74. The minimum Gasteiger partial charge on any atom is -0.508 e. The van der Waals surface area contributed by atoms with Crippen LogP contribution in [0.5, 0.6) is 5.75 Å². The van der Waals surface area contributed by atoms with E-state index < -0.39 is 0 Å². The minimum absolute atomic E-state index is 0.304. The molecule has 4 aromatic rings. The summed E-state index contributed by atoms with van der Waals surface area (Å²) in [5.41, 5.74) is 13.5. The van der Waals surface area contributed by atoms with Crippen LogP contribution < -0.4 is 0 Å². The van der Waals surface area contributed by atoms with Gasteiger partial charge in [-0.25, -0.2) is 0 Å². The first-order valence-electron chi connectivity index (χ1n) is 10.2. The molecule has 0 spiro atoms. The van der Waals surface area contributed by atoms with Gasteiger partial charge in [0.05, 0.1) is 0 Å². The fourth-order valence-electron chi connectivity index (χ4n) is 4.64. The van der Waals surface area contributed by atoms with E-state index in [1.807, 2.05) is 12.1 Å². The largest absolute Gasteiger partial charge is 0.508 e. The number of hydrogen-bond donors (Lipinski definition) is 1. The highest BCUT2D eigenvalue weighted by molar-refractivity contribution is 5.85. The van der Waals surface area contributed by atoms with Crippen molar-refractivity contribution in [2.45, 2.75) is 26.7 Å². The number of fused-ring (bicyclic) bond motifs is 3. The van der Waals surface area contributed by atoms with E-state index in [1.165, 1.54) is 50.1 Å². The van der Waals surface area contributed by atoms with Crippen LogP contribution in [0.1, 0.15) is 33.4 Å². The lowest BCUT2D eigenvalue weighted by Crippen LogP contribution is -2.02. The summed E-state index contributed by atoms with van der Waals surface area (Å²) < 4.78 is 0.